The molecule has 0 radical (unpaired) electrons. The summed E-state index contributed by atoms with van der Waals surface area (Å²) in [6.45, 7) is 18.2. The van der Waals surface area contributed by atoms with Crippen molar-refractivity contribution < 1.29 is 0 Å². The molecule has 2 aromatic carbocycles. The number of allylic oxidation sites excluding steroid dienone is 8. The molecule has 0 bridgehead atoms. The van der Waals surface area contributed by atoms with Gasteiger partial charge in [-0.1, -0.05) is 127 Å². The molecular weight excluding hydrogens is 496 g/mol. The van der Waals surface area contributed by atoms with Gasteiger partial charge in [0.05, 0.1) is 6.04 Å². The predicted molar refractivity (Wildman–Crippen MR) is 174 cm³/mol. The van der Waals surface area contributed by atoms with E-state index in [1.807, 2.05) is 0 Å². The van der Waals surface area contributed by atoms with Crippen molar-refractivity contribution in [2.45, 2.75) is 60.4 Å². The van der Waals surface area contributed by atoms with Gasteiger partial charge in [-0.05, 0) is 69.2 Å². The number of fused-ring (bicyclic) bond motifs is 3. The Morgan fingerprint density at radius 1 is 0.829 bits per heavy atom. The van der Waals surface area contributed by atoms with Crippen molar-refractivity contribution in [2.75, 3.05) is 13.1 Å². The molecule has 4 aliphatic rings. The highest BCUT2D eigenvalue weighted by atomic mass is 15.2. The van der Waals surface area contributed by atoms with Crippen molar-refractivity contribution in [3.63, 3.8) is 0 Å². The number of rotatable bonds is 3. The van der Waals surface area contributed by atoms with Crippen LogP contribution in [0.2, 0.25) is 0 Å². The SMILES string of the molecule is CC(C)(C)C1=CN2C[C@H](C3C=CC=CC3(C)C3=CC=C(C(C)(C)C)CN3)c3ccc(-c4ccccc4)cc3C2C=C1. The van der Waals surface area contributed by atoms with E-state index in [2.05, 4.69) is 162 Å². The minimum absolute atomic E-state index is 0.110. The van der Waals surface area contributed by atoms with Crippen molar-refractivity contribution in [3.05, 3.63) is 131 Å². The zero-order chi connectivity index (χ0) is 29.0. The summed E-state index contributed by atoms with van der Waals surface area (Å²) in [4.78, 5) is 2.62. The lowest BCUT2D eigenvalue weighted by Crippen LogP contribution is -2.45. The summed E-state index contributed by atoms with van der Waals surface area (Å²) in [6.07, 6.45) is 21.4. The maximum absolute atomic E-state index is 3.86. The third kappa shape index (κ3) is 5.07. The molecule has 4 atom stereocenters. The molecule has 3 heterocycles. The molecule has 6 rings (SSSR count). The highest BCUT2D eigenvalue weighted by Crippen LogP contribution is 2.52. The first-order valence-electron chi connectivity index (χ1n) is 15.3. The van der Waals surface area contributed by atoms with Gasteiger partial charge in [0.25, 0.3) is 0 Å². The summed E-state index contributed by atoms with van der Waals surface area (Å²) >= 11 is 0. The van der Waals surface area contributed by atoms with Gasteiger partial charge in [0, 0.05) is 36.3 Å². The molecule has 212 valence electrons. The summed E-state index contributed by atoms with van der Waals surface area (Å²) in [5, 5.41) is 3.86. The molecular formula is C39H46N2. The van der Waals surface area contributed by atoms with Crippen LogP contribution in [0.4, 0.5) is 0 Å². The largest absolute Gasteiger partial charge is 0.384 e. The van der Waals surface area contributed by atoms with Gasteiger partial charge in [0.1, 0.15) is 0 Å². The molecule has 0 saturated carbocycles. The maximum atomic E-state index is 3.86. The summed E-state index contributed by atoms with van der Waals surface area (Å²) in [5.74, 6) is 0.687. The van der Waals surface area contributed by atoms with Gasteiger partial charge in [0.15, 0.2) is 0 Å². The Hall–Kier alpha value is -3.52. The standard InChI is InChI=1S/C39H46N2/c1-37(2,3)29-18-21-36(40-24-29)39(7)22-12-11-15-34(39)33-26-41-25-30(38(4,5)6)17-20-35(41)32-23-28(16-19-31(32)33)27-13-9-8-10-14-27/h8-23,25,33-35,40H,24,26H2,1-7H3/t33-,34?,35?,39?/m0/s1. The van der Waals surface area contributed by atoms with Crippen LogP contribution in [0, 0.1) is 22.2 Å². The fourth-order valence-corrected chi connectivity index (χ4v) is 7.06. The lowest BCUT2D eigenvalue weighted by molar-refractivity contribution is 0.201. The summed E-state index contributed by atoms with van der Waals surface area (Å²) in [5.41, 5.74) is 9.83. The second kappa shape index (κ2) is 10.1. The Morgan fingerprint density at radius 2 is 1.61 bits per heavy atom. The Balaban J connectivity index is 1.45. The van der Waals surface area contributed by atoms with E-state index >= 15 is 0 Å². The van der Waals surface area contributed by atoms with Gasteiger partial charge in [-0.25, -0.2) is 0 Å². The fourth-order valence-electron chi connectivity index (χ4n) is 7.06. The van der Waals surface area contributed by atoms with Crippen LogP contribution in [0.1, 0.15) is 71.6 Å². The molecule has 2 aromatic rings. The number of nitrogens with one attached hydrogen (secondary N) is 1. The third-order valence-electron chi connectivity index (χ3n) is 9.77. The zero-order valence-electron chi connectivity index (χ0n) is 25.9. The molecule has 0 aromatic heterocycles. The average molecular weight is 543 g/mol. The molecule has 1 aliphatic carbocycles. The molecule has 0 saturated heterocycles. The lowest BCUT2D eigenvalue weighted by atomic mass is 9.62. The molecule has 3 unspecified atom stereocenters. The minimum atomic E-state index is -0.121. The van der Waals surface area contributed by atoms with Crippen LogP contribution in [0.15, 0.2) is 120 Å². The topological polar surface area (TPSA) is 15.3 Å². The normalized spacial score (nSPS) is 27.3. The molecule has 2 heteroatoms. The van der Waals surface area contributed by atoms with E-state index < -0.39 is 0 Å². The van der Waals surface area contributed by atoms with Gasteiger partial charge in [-0.3, -0.25) is 0 Å². The Kier molecular flexibility index (Phi) is 6.80. The molecule has 3 aliphatic heterocycles. The smallest absolute Gasteiger partial charge is 0.0727 e. The van der Waals surface area contributed by atoms with E-state index in [4.69, 9.17) is 0 Å². The molecule has 1 N–H and O–H groups in total. The van der Waals surface area contributed by atoms with Crippen molar-refractivity contribution in [1.82, 2.24) is 10.2 Å². The second-order valence-corrected chi connectivity index (χ2v) is 14.6. The first-order chi connectivity index (χ1) is 19.4. The maximum Gasteiger partial charge on any atom is 0.0727 e. The summed E-state index contributed by atoms with van der Waals surface area (Å²) in [7, 11) is 0. The first kappa shape index (κ1) is 27.6. The molecule has 2 nitrogen and oxygen atoms in total. The summed E-state index contributed by atoms with van der Waals surface area (Å²) < 4.78 is 0. The van der Waals surface area contributed by atoms with Crippen molar-refractivity contribution in [1.29, 1.82) is 0 Å². The van der Waals surface area contributed by atoms with Gasteiger partial charge in [0.2, 0.25) is 0 Å². The second-order valence-electron chi connectivity index (χ2n) is 14.6. The van der Waals surface area contributed by atoms with Gasteiger partial charge in [-0.15, -0.1) is 0 Å². The van der Waals surface area contributed by atoms with Crippen LogP contribution in [0.25, 0.3) is 11.1 Å². The molecule has 41 heavy (non-hydrogen) atoms. The molecule has 0 fully saturated rings. The number of dihydropyridines is 1. The number of nitrogens with zero attached hydrogens (tertiary/aromatic N) is 1. The van der Waals surface area contributed by atoms with Crippen LogP contribution in [0.3, 0.4) is 0 Å². The highest BCUT2D eigenvalue weighted by molar-refractivity contribution is 5.66. The van der Waals surface area contributed by atoms with Crippen LogP contribution in [-0.4, -0.2) is 18.0 Å². The van der Waals surface area contributed by atoms with Crippen LogP contribution >= 0.6 is 0 Å². The predicted octanol–water partition coefficient (Wildman–Crippen LogP) is 9.50. The Morgan fingerprint density at radius 3 is 2.29 bits per heavy atom. The molecule has 0 amide bonds. The quantitative estimate of drug-likeness (QED) is 0.415. The van der Waals surface area contributed by atoms with E-state index in [-0.39, 0.29) is 22.3 Å². The van der Waals surface area contributed by atoms with E-state index in [0.717, 1.165) is 13.1 Å². The monoisotopic (exact) mass is 542 g/mol. The average Bonchev–Trinajstić information content (AvgIpc) is 2.96. The highest BCUT2D eigenvalue weighted by Gasteiger charge is 2.45. The Bertz CT molecular complexity index is 1500. The van der Waals surface area contributed by atoms with Crippen LogP contribution < -0.4 is 5.32 Å². The zero-order valence-corrected chi connectivity index (χ0v) is 25.9. The van der Waals surface area contributed by atoms with Gasteiger partial charge in [-0.2, -0.15) is 0 Å². The molecule has 0 spiro atoms. The van der Waals surface area contributed by atoms with E-state index in [0.29, 0.717) is 11.8 Å². The van der Waals surface area contributed by atoms with Gasteiger partial charge >= 0.3 is 0 Å². The first-order valence-corrected chi connectivity index (χ1v) is 15.3. The lowest BCUT2D eigenvalue weighted by Gasteiger charge is -2.49. The number of hydrogen-bond acceptors (Lipinski definition) is 2. The van der Waals surface area contributed by atoms with Crippen molar-refractivity contribution >= 4 is 0 Å². The fraction of sp³-hybridized carbons (Fsp3) is 0.385. The van der Waals surface area contributed by atoms with Crippen LogP contribution in [-0.2, 0) is 0 Å². The number of benzene rings is 2. The van der Waals surface area contributed by atoms with E-state index in [1.165, 1.54) is 39.1 Å². The minimum Gasteiger partial charge on any atom is -0.384 e. The van der Waals surface area contributed by atoms with Crippen molar-refractivity contribution in [2.24, 2.45) is 22.2 Å². The number of hydrogen-bond donors (Lipinski definition) is 1. The van der Waals surface area contributed by atoms with E-state index in [9.17, 15) is 0 Å². The van der Waals surface area contributed by atoms with Crippen LogP contribution in [0.5, 0.6) is 0 Å². The van der Waals surface area contributed by atoms with Gasteiger partial charge < -0.3 is 10.2 Å². The Labute approximate surface area is 247 Å². The summed E-state index contributed by atoms with van der Waals surface area (Å²) in [6, 6.07) is 18.3. The van der Waals surface area contributed by atoms with Crippen molar-refractivity contribution in [3.8, 4) is 11.1 Å². The third-order valence-corrected chi connectivity index (χ3v) is 9.77. The van der Waals surface area contributed by atoms with E-state index in [1.54, 1.807) is 0 Å².